The van der Waals surface area contributed by atoms with Gasteiger partial charge in [0.05, 0.1) is 25.3 Å². The Hall–Kier alpha value is -0.650. The molecule has 3 N–H and O–H groups in total. The first-order valence-electron chi connectivity index (χ1n) is 4.67. The molecule has 0 aliphatic rings. The number of rotatable bonds is 6. The molecule has 0 saturated heterocycles. The van der Waals surface area contributed by atoms with E-state index in [0.29, 0.717) is 6.42 Å². The molecule has 0 radical (unpaired) electrons. The topological polar surface area (TPSA) is 72.8 Å². The maximum Gasteiger partial charge on any atom is 0.234 e. The van der Waals surface area contributed by atoms with Crippen LogP contribution >= 0.6 is 0 Å². The fourth-order valence-corrected chi connectivity index (χ4v) is 1.06. The van der Waals surface area contributed by atoms with Crippen LogP contribution in [0.2, 0.25) is 0 Å². The largest absolute Gasteiger partial charge is 0.394 e. The lowest BCUT2D eigenvalue weighted by molar-refractivity contribution is -0.125. The predicted octanol–water partition coefficient (Wildman–Crippen LogP) is -1.20. The maximum absolute atomic E-state index is 11.4. The smallest absolute Gasteiger partial charge is 0.234 e. The van der Waals surface area contributed by atoms with Crippen LogP contribution in [-0.2, 0) is 4.79 Å². The zero-order valence-corrected chi connectivity index (χ0v) is 9.08. The lowest BCUT2D eigenvalue weighted by Crippen LogP contribution is -2.55. The lowest BCUT2D eigenvalue weighted by Gasteiger charge is -2.30. The maximum atomic E-state index is 11.4. The fourth-order valence-electron chi connectivity index (χ4n) is 1.06. The van der Waals surface area contributed by atoms with Crippen LogP contribution in [0.4, 0.5) is 0 Å². The standard InChI is InChI=1S/C9H20N2O3/c1-4-9(6-12,7-13)10-8(14)5-11(2)3/h12-13H,4-7H2,1-3H3,(H,10,14). The van der Waals surface area contributed by atoms with Gasteiger partial charge >= 0.3 is 0 Å². The lowest BCUT2D eigenvalue weighted by atomic mass is 9.98. The molecule has 0 aliphatic heterocycles. The quantitative estimate of drug-likeness (QED) is 0.508. The molecule has 5 nitrogen and oxygen atoms in total. The number of nitrogens with zero attached hydrogens (tertiary/aromatic N) is 1. The Morgan fingerprint density at radius 3 is 2.14 bits per heavy atom. The van der Waals surface area contributed by atoms with Crippen molar-refractivity contribution < 1.29 is 15.0 Å². The zero-order chi connectivity index (χ0) is 11.2. The van der Waals surface area contributed by atoms with Crippen molar-refractivity contribution in [3.8, 4) is 0 Å². The van der Waals surface area contributed by atoms with E-state index in [1.807, 2.05) is 6.92 Å². The molecular formula is C9H20N2O3. The van der Waals surface area contributed by atoms with Gasteiger partial charge in [0.2, 0.25) is 5.91 Å². The van der Waals surface area contributed by atoms with Gasteiger partial charge in [0.25, 0.3) is 0 Å². The van der Waals surface area contributed by atoms with Gasteiger partial charge in [-0.1, -0.05) is 6.92 Å². The molecule has 0 fully saturated rings. The molecule has 0 atom stereocenters. The van der Waals surface area contributed by atoms with E-state index in [1.54, 1.807) is 19.0 Å². The number of hydrogen-bond acceptors (Lipinski definition) is 4. The van der Waals surface area contributed by atoms with Gasteiger partial charge in [-0.25, -0.2) is 0 Å². The monoisotopic (exact) mass is 204 g/mol. The van der Waals surface area contributed by atoms with Crippen molar-refractivity contribution in [1.29, 1.82) is 0 Å². The molecule has 0 aromatic carbocycles. The van der Waals surface area contributed by atoms with E-state index >= 15 is 0 Å². The summed E-state index contributed by atoms with van der Waals surface area (Å²) in [7, 11) is 3.57. The highest BCUT2D eigenvalue weighted by atomic mass is 16.3. The molecule has 1 amide bonds. The third kappa shape index (κ3) is 4.04. The average molecular weight is 204 g/mol. The Morgan fingerprint density at radius 1 is 1.36 bits per heavy atom. The molecule has 5 heteroatoms. The van der Waals surface area contributed by atoms with E-state index in [9.17, 15) is 4.79 Å². The van der Waals surface area contributed by atoms with Gasteiger partial charge < -0.3 is 20.4 Å². The highest BCUT2D eigenvalue weighted by Gasteiger charge is 2.28. The van der Waals surface area contributed by atoms with Gasteiger partial charge in [-0.3, -0.25) is 4.79 Å². The molecule has 0 saturated carbocycles. The molecule has 0 aliphatic carbocycles. The summed E-state index contributed by atoms with van der Waals surface area (Å²) in [6.07, 6.45) is 0.499. The Kier molecular flexibility index (Phi) is 5.68. The molecule has 14 heavy (non-hydrogen) atoms. The number of carbonyl (C=O) groups excluding carboxylic acids is 1. The second-order valence-corrected chi connectivity index (χ2v) is 3.74. The van der Waals surface area contributed by atoms with Crippen molar-refractivity contribution in [1.82, 2.24) is 10.2 Å². The van der Waals surface area contributed by atoms with Gasteiger partial charge in [-0.05, 0) is 20.5 Å². The summed E-state index contributed by atoms with van der Waals surface area (Å²) in [5.74, 6) is -0.194. The zero-order valence-electron chi connectivity index (χ0n) is 9.08. The highest BCUT2D eigenvalue weighted by molar-refractivity contribution is 5.78. The number of amides is 1. The molecule has 0 aromatic heterocycles. The first-order valence-corrected chi connectivity index (χ1v) is 4.67. The van der Waals surface area contributed by atoms with E-state index in [0.717, 1.165) is 0 Å². The molecule has 0 rings (SSSR count). The summed E-state index contributed by atoms with van der Waals surface area (Å²) >= 11 is 0. The van der Waals surface area contributed by atoms with Gasteiger partial charge in [0, 0.05) is 0 Å². The summed E-state index contributed by atoms with van der Waals surface area (Å²) in [6, 6.07) is 0. The number of hydrogen-bond donors (Lipinski definition) is 3. The van der Waals surface area contributed by atoms with Crippen molar-refractivity contribution >= 4 is 5.91 Å². The van der Waals surface area contributed by atoms with E-state index < -0.39 is 5.54 Å². The number of carbonyl (C=O) groups is 1. The van der Waals surface area contributed by atoms with Crippen molar-refractivity contribution in [2.45, 2.75) is 18.9 Å². The molecule has 0 aromatic rings. The third-order valence-electron chi connectivity index (χ3n) is 2.15. The van der Waals surface area contributed by atoms with Crippen LogP contribution < -0.4 is 5.32 Å². The van der Waals surface area contributed by atoms with Crippen LogP contribution in [0, 0.1) is 0 Å². The van der Waals surface area contributed by atoms with Crippen molar-refractivity contribution in [3.63, 3.8) is 0 Å². The Morgan fingerprint density at radius 2 is 1.86 bits per heavy atom. The van der Waals surface area contributed by atoms with Crippen LogP contribution in [0.25, 0.3) is 0 Å². The number of nitrogens with one attached hydrogen (secondary N) is 1. The van der Waals surface area contributed by atoms with Crippen LogP contribution in [0.15, 0.2) is 0 Å². The van der Waals surface area contributed by atoms with Crippen LogP contribution in [0.3, 0.4) is 0 Å². The number of likely N-dealkylation sites (N-methyl/N-ethyl adjacent to an activating group) is 1. The SMILES string of the molecule is CCC(CO)(CO)NC(=O)CN(C)C. The Balaban J connectivity index is 4.22. The van der Waals surface area contributed by atoms with Gasteiger partial charge in [0.1, 0.15) is 0 Å². The van der Waals surface area contributed by atoms with Crippen LogP contribution in [-0.4, -0.2) is 60.4 Å². The Bertz CT molecular complexity index is 171. The fraction of sp³-hybridized carbons (Fsp3) is 0.889. The van der Waals surface area contributed by atoms with Crippen LogP contribution in [0.5, 0.6) is 0 Å². The minimum absolute atomic E-state index is 0.194. The second-order valence-electron chi connectivity index (χ2n) is 3.74. The Labute approximate surface area is 84.7 Å². The summed E-state index contributed by atoms with van der Waals surface area (Å²) in [4.78, 5) is 13.1. The molecular weight excluding hydrogens is 184 g/mol. The van der Waals surface area contributed by atoms with Gasteiger partial charge in [-0.15, -0.1) is 0 Å². The van der Waals surface area contributed by atoms with E-state index in [1.165, 1.54) is 0 Å². The minimum Gasteiger partial charge on any atom is -0.394 e. The van der Waals surface area contributed by atoms with Crippen molar-refractivity contribution in [2.24, 2.45) is 0 Å². The van der Waals surface area contributed by atoms with E-state index in [-0.39, 0.29) is 25.7 Å². The molecule has 0 unspecified atom stereocenters. The summed E-state index contributed by atoms with van der Waals surface area (Å²) in [5, 5.41) is 20.8. The predicted molar refractivity (Wildman–Crippen MR) is 53.9 cm³/mol. The summed E-state index contributed by atoms with van der Waals surface area (Å²) < 4.78 is 0. The minimum atomic E-state index is -0.882. The first-order chi connectivity index (χ1) is 6.49. The van der Waals surface area contributed by atoms with E-state index in [4.69, 9.17) is 10.2 Å². The normalized spacial score (nSPS) is 11.9. The molecule has 0 heterocycles. The average Bonchev–Trinajstić information content (AvgIpc) is 2.13. The molecule has 0 spiro atoms. The number of aliphatic hydroxyl groups is 2. The molecule has 0 bridgehead atoms. The first kappa shape index (κ1) is 13.4. The summed E-state index contributed by atoms with van der Waals surface area (Å²) in [5.41, 5.74) is -0.882. The van der Waals surface area contributed by atoms with Crippen molar-refractivity contribution in [2.75, 3.05) is 33.9 Å². The third-order valence-corrected chi connectivity index (χ3v) is 2.15. The second kappa shape index (κ2) is 5.95. The van der Waals surface area contributed by atoms with Gasteiger partial charge in [0.15, 0.2) is 0 Å². The van der Waals surface area contributed by atoms with Gasteiger partial charge in [-0.2, -0.15) is 0 Å². The molecule has 84 valence electrons. The summed E-state index contributed by atoms with van der Waals surface area (Å²) in [6.45, 7) is 1.56. The van der Waals surface area contributed by atoms with Crippen LogP contribution in [0.1, 0.15) is 13.3 Å². The van der Waals surface area contributed by atoms with Crippen molar-refractivity contribution in [3.05, 3.63) is 0 Å². The number of aliphatic hydroxyl groups excluding tert-OH is 2. The highest BCUT2D eigenvalue weighted by Crippen LogP contribution is 2.07. The van der Waals surface area contributed by atoms with E-state index in [2.05, 4.69) is 5.32 Å².